The Labute approximate surface area is 80.6 Å². The van der Waals surface area contributed by atoms with Gasteiger partial charge >= 0.3 is 0 Å². The minimum absolute atomic E-state index is 0.501. The largest absolute Gasteiger partial charge is 0.272 e. The van der Waals surface area contributed by atoms with Gasteiger partial charge in [-0.2, -0.15) is 5.10 Å². The van der Waals surface area contributed by atoms with Crippen molar-refractivity contribution >= 4 is 6.21 Å². The van der Waals surface area contributed by atoms with Crippen LogP contribution in [0.4, 0.5) is 0 Å². The van der Waals surface area contributed by atoms with Gasteiger partial charge in [-0.05, 0) is 25.8 Å². The first kappa shape index (κ1) is 10.0. The molecule has 0 spiro atoms. The van der Waals surface area contributed by atoms with E-state index in [2.05, 4.69) is 31.1 Å². The molecule has 2 heteroatoms. The Morgan fingerprint density at radius 2 is 2.38 bits per heavy atom. The average Bonchev–Trinajstić information content (AvgIpc) is 2.47. The quantitative estimate of drug-likeness (QED) is 0.635. The highest BCUT2D eigenvalue weighted by Gasteiger charge is 2.21. The molecule has 1 atom stereocenters. The van der Waals surface area contributed by atoms with Crippen molar-refractivity contribution in [3.63, 3.8) is 0 Å². The number of allylic oxidation sites excluding steroid dienone is 4. The van der Waals surface area contributed by atoms with Gasteiger partial charge in [-0.3, -0.25) is 5.01 Å². The fourth-order valence-corrected chi connectivity index (χ4v) is 1.74. The highest BCUT2D eigenvalue weighted by Crippen LogP contribution is 2.26. The van der Waals surface area contributed by atoms with Gasteiger partial charge < -0.3 is 0 Å². The Kier molecular flexibility index (Phi) is 3.29. The van der Waals surface area contributed by atoms with Gasteiger partial charge in [-0.15, -0.1) is 0 Å². The molecule has 1 unspecified atom stereocenters. The Morgan fingerprint density at radius 1 is 1.69 bits per heavy atom. The molecule has 1 heterocycles. The van der Waals surface area contributed by atoms with Gasteiger partial charge in [0.25, 0.3) is 0 Å². The van der Waals surface area contributed by atoms with E-state index in [0.717, 1.165) is 6.42 Å². The van der Waals surface area contributed by atoms with Crippen LogP contribution in [-0.4, -0.2) is 18.3 Å². The molecule has 0 aromatic rings. The fraction of sp³-hybridized carbons (Fsp3) is 0.545. The molecule has 0 fully saturated rings. The molecule has 0 aromatic carbocycles. The second-order valence-corrected chi connectivity index (χ2v) is 3.37. The molecule has 0 aliphatic carbocycles. The highest BCUT2D eigenvalue weighted by atomic mass is 15.5. The van der Waals surface area contributed by atoms with Gasteiger partial charge in [0.05, 0.1) is 0 Å². The summed E-state index contributed by atoms with van der Waals surface area (Å²) in [7, 11) is 2.01. The first-order valence-corrected chi connectivity index (χ1v) is 4.82. The first-order valence-electron chi connectivity index (χ1n) is 4.82. The normalized spacial score (nSPS) is 26.2. The molecule has 0 amide bonds. The van der Waals surface area contributed by atoms with E-state index in [1.54, 1.807) is 0 Å². The van der Waals surface area contributed by atoms with E-state index < -0.39 is 0 Å². The van der Waals surface area contributed by atoms with Crippen molar-refractivity contribution in [2.24, 2.45) is 11.0 Å². The molecular formula is C11H18N2. The number of hydrogen-bond acceptors (Lipinski definition) is 2. The van der Waals surface area contributed by atoms with Crippen LogP contribution in [0.2, 0.25) is 0 Å². The van der Waals surface area contributed by atoms with Crippen LogP contribution in [0, 0.1) is 5.92 Å². The van der Waals surface area contributed by atoms with E-state index in [0.29, 0.717) is 5.92 Å². The zero-order valence-corrected chi connectivity index (χ0v) is 8.91. The lowest BCUT2D eigenvalue weighted by atomic mass is 10.0. The van der Waals surface area contributed by atoms with Crippen molar-refractivity contribution < 1.29 is 0 Å². The summed E-state index contributed by atoms with van der Waals surface area (Å²) >= 11 is 0. The molecular weight excluding hydrogens is 160 g/mol. The van der Waals surface area contributed by atoms with Crippen molar-refractivity contribution in [3.8, 4) is 0 Å². The molecule has 0 bridgehead atoms. The summed E-state index contributed by atoms with van der Waals surface area (Å²) in [5.74, 6) is 0.501. The van der Waals surface area contributed by atoms with Crippen LogP contribution in [0.1, 0.15) is 27.2 Å². The maximum atomic E-state index is 4.29. The van der Waals surface area contributed by atoms with E-state index in [1.807, 2.05) is 25.2 Å². The second kappa shape index (κ2) is 4.26. The topological polar surface area (TPSA) is 15.6 Å². The van der Waals surface area contributed by atoms with Crippen LogP contribution in [0.15, 0.2) is 28.5 Å². The Hall–Kier alpha value is -1.05. The standard InChI is InChI=1S/C11H18N2/c1-5-7-9(3)11-10(6-2)8-12-13(11)4/h5,7-8,10H,6H2,1-4H3/b7-5-,11-9+. The number of hydrogen-bond donors (Lipinski definition) is 0. The van der Waals surface area contributed by atoms with Gasteiger partial charge in [0, 0.05) is 24.9 Å². The summed E-state index contributed by atoms with van der Waals surface area (Å²) in [6.07, 6.45) is 7.37. The lowest BCUT2D eigenvalue weighted by Gasteiger charge is -2.16. The summed E-state index contributed by atoms with van der Waals surface area (Å²) in [6.45, 7) is 6.38. The predicted octanol–water partition coefficient (Wildman–Crippen LogP) is 2.79. The zero-order valence-electron chi connectivity index (χ0n) is 8.91. The lowest BCUT2D eigenvalue weighted by molar-refractivity contribution is 0.436. The van der Waals surface area contributed by atoms with Crippen LogP contribution in [0.5, 0.6) is 0 Å². The first-order chi connectivity index (χ1) is 6.20. The fourth-order valence-electron chi connectivity index (χ4n) is 1.74. The molecule has 72 valence electrons. The maximum Gasteiger partial charge on any atom is 0.0478 e. The highest BCUT2D eigenvalue weighted by molar-refractivity contribution is 5.68. The van der Waals surface area contributed by atoms with Crippen molar-refractivity contribution in [1.82, 2.24) is 5.01 Å². The van der Waals surface area contributed by atoms with Crippen LogP contribution in [0.25, 0.3) is 0 Å². The van der Waals surface area contributed by atoms with Crippen LogP contribution < -0.4 is 0 Å². The van der Waals surface area contributed by atoms with Gasteiger partial charge in [-0.1, -0.05) is 19.1 Å². The molecule has 0 saturated heterocycles. The second-order valence-electron chi connectivity index (χ2n) is 3.37. The Balaban J connectivity index is 2.94. The molecule has 0 aromatic heterocycles. The molecule has 2 nitrogen and oxygen atoms in total. The molecule has 13 heavy (non-hydrogen) atoms. The van der Waals surface area contributed by atoms with E-state index in [1.165, 1.54) is 11.3 Å². The summed E-state index contributed by atoms with van der Waals surface area (Å²) in [4.78, 5) is 0. The van der Waals surface area contributed by atoms with Gasteiger partial charge in [0.1, 0.15) is 0 Å². The number of hydrazone groups is 1. The Morgan fingerprint density at radius 3 is 2.92 bits per heavy atom. The van der Waals surface area contributed by atoms with Gasteiger partial charge in [-0.25, -0.2) is 0 Å². The monoisotopic (exact) mass is 178 g/mol. The van der Waals surface area contributed by atoms with Crippen molar-refractivity contribution in [2.45, 2.75) is 27.2 Å². The summed E-state index contributed by atoms with van der Waals surface area (Å²) in [5, 5.41) is 6.27. The smallest absolute Gasteiger partial charge is 0.0478 e. The summed E-state index contributed by atoms with van der Waals surface area (Å²) < 4.78 is 0. The van der Waals surface area contributed by atoms with Crippen molar-refractivity contribution in [1.29, 1.82) is 0 Å². The van der Waals surface area contributed by atoms with E-state index in [4.69, 9.17) is 0 Å². The Bertz CT molecular complexity index is 261. The lowest BCUT2D eigenvalue weighted by Crippen LogP contribution is -2.12. The molecule has 1 aliphatic rings. The number of rotatable bonds is 2. The summed E-state index contributed by atoms with van der Waals surface area (Å²) in [5.41, 5.74) is 2.65. The average molecular weight is 178 g/mol. The minimum Gasteiger partial charge on any atom is -0.272 e. The third-order valence-electron chi connectivity index (χ3n) is 2.38. The molecule has 0 saturated carbocycles. The van der Waals surface area contributed by atoms with Crippen LogP contribution >= 0.6 is 0 Å². The third kappa shape index (κ3) is 2.00. The van der Waals surface area contributed by atoms with Crippen LogP contribution in [0.3, 0.4) is 0 Å². The van der Waals surface area contributed by atoms with E-state index in [-0.39, 0.29) is 0 Å². The van der Waals surface area contributed by atoms with E-state index >= 15 is 0 Å². The molecule has 0 radical (unpaired) electrons. The third-order valence-corrected chi connectivity index (χ3v) is 2.38. The van der Waals surface area contributed by atoms with Gasteiger partial charge in [0.15, 0.2) is 0 Å². The molecule has 1 aliphatic heterocycles. The SMILES string of the molecule is C/C=C\C(C)=C1/C(CC)C=NN1C. The number of nitrogens with zero attached hydrogens (tertiary/aromatic N) is 2. The summed E-state index contributed by atoms with van der Waals surface area (Å²) in [6, 6.07) is 0. The molecule has 0 N–H and O–H groups in total. The zero-order chi connectivity index (χ0) is 9.84. The van der Waals surface area contributed by atoms with Crippen LogP contribution in [-0.2, 0) is 0 Å². The van der Waals surface area contributed by atoms with Gasteiger partial charge in [0.2, 0.25) is 0 Å². The van der Waals surface area contributed by atoms with Crippen molar-refractivity contribution in [3.05, 3.63) is 23.4 Å². The van der Waals surface area contributed by atoms with Crippen molar-refractivity contribution in [2.75, 3.05) is 7.05 Å². The maximum absolute atomic E-state index is 4.29. The molecule has 1 rings (SSSR count). The van der Waals surface area contributed by atoms with E-state index in [9.17, 15) is 0 Å². The predicted molar refractivity (Wildman–Crippen MR) is 57.6 cm³/mol. The minimum atomic E-state index is 0.501.